The van der Waals surface area contributed by atoms with Gasteiger partial charge >= 0.3 is 6.09 Å². The van der Waals surface area contributed by atoms with Crippen LogP contribution in [0.3, 0.4) is 0 Å². The molecular weight excluding hydrogens is 230 g/mol. The van der Waals surface area contributed by atoms with E-state index in [0.29, 0.717) is 19.0 Å². The van der Waals surface area contributed by atoms with Crippen LogP contribution in [0.5, 0.6) is 0 Å². The first kappa shape index (κ1) is 12.9. The van der Waals surface area contributed by atoms with Crippen LogP contribution in [0.2, 0.25) is 0 Å². The van der Waals surface area contributed by atoms with Crippen molar-refractivity contribution in [3.8, 4) is 0 Å². The van der Waals surface area contributed by atoms with E-state index >= 15 is 0 Å². The predicted octanol–water partition coefficient (Wildman–Crippen LogP) is 2.59. The number of carbonyl (C=O) groups is 1. The van der Waals surface area contributed by atoms with Gasteiger partial charge in [-0.05, 0) is 24.3 Å². The summed E-state index contributed by atoms with van der Waals surface area (Å²) in [4.78, 5) is 12.7. The SMILES string of the molecule is COC(CN(Cc1ccccc1)C(=O)O)C1CC1. The second-order valence-corrected chi connectivity index (χ2v) is 4.76. The van der Waals surface area contributed by atoms with Gasteiger partial charge in [0.05, 0.1) is 12.6 Å². The quantitative estimate of drug-likeness (QED) is 0.843. The fourth-order valence-electron chi connectivity index (χ4n) is 2.12. The van der Waals surface area contributed by atoms with E-state index < -0.39 is 6.09 Å². The van der Waals surface area contributed by atoms with Crippen molar-refractivity contribution in [2.24, 2.45) is 5.92 Å². The molecule has 0 saturated heterocycles. The number of methoxy groups -OCH3 is 1. The molecule has 1 aromatic rings. The van der Waals surface area contributed by atoms with Gasteiger partial charge in [-0.2, -0.15) is 0 Å². The first-order chi connectivity index (χ1) is 8.70. The number of nitrogens with zero attached hydrogens (tertiary/aromatic N) is 1. The van der Waals surface area contributed by atoms with Crippen LogP contribution in [0, 0.1) is 5.92 Å². The van der Waals surface area contributed by atoms with Gasteiger partial charge in [0, 0.05) is 13.7 Å². The van der Waals surface area contributed by atoms with Crippen molar-refractivity contribution >= 4 is 6.09 Å². The summed E-state index contributed by atoms with van der Waals surface area (Å²) in [5.74, 6) is 0.535. The minimum atomic E-state index is -0.887. The molecule has 1 atom stereocenters. The molecule has 1 N–H and O–H groups in total. The van der Waals surface area contributed by atoms with Crippen molar-refractivity contribution in [3.05, 3.63) is 35.9 Å². The zero-order valence-corrected chi connectivity index (χ0v) is 10.6. The Labute approximate surface area is 107 Å². The Morgan fingerprint density at radius 1 is 1.44 bits per heavy atom. The van der Waals surface area contributed by atoms with E-state index in [1.54, 1.807) is 7.11 Å². The van der Waals surface area contributed by atoms with Crippen LogP contribution in [0.15, 0.2) is 30.3 Å². The van der Waals surface area contributed by atoms with E-state index in [2.05, 4.69) is 0 Å². The molecule has 0 spiro atoms. The molecule has 0 heterocycles. The number of carboxylic acid groups (broad SMARTS) is 1. The summed E-state index contributed by atoms with van der Waals surface area (Å²) in [5, 5.41) is 9.25. The van der Waals surface area contributed by atoms with Crippen molar-refractivity contribution in [3.63, 3.8) is 0 Å². The Morgan fingerprint density at radius 3 is 2.61 bits per heavy atom. The highest BCUT2D eigenvalue weighted by Gasteiger charge is 2.33. The van der Waals surface area contributed by atoms with Crippen LogP contribution in [0.1, 0.15) is 18.4 Å². The van der Waals surface area contributed by atoms with Crippen molar-refractivity contribution in [1.29, 1.82) is 0 Å². The maximum atomic E-state index is 11.3. The Bertz CT molecular complexity index is 389. The van der Waals surface area contributed by atoms with Gasteiger partial charge in [0.25, 0.3) is 0 Å². The minimum absolute atomic E-state index is 0.0322. The number of benzene rings is 1. The van der Waals surface area contributed by atoms with Crippen LogP contribution < -0.4 is 0 Å². The molecule has 0 bridgehead atoms. The maximum absolute atomic E-state index is 11.3. The standard InChI is InChI=1S/C14H19NO3/c1-18-13(12-7-8-12)10-15(14(16)17)9-11-5-3-2-4-6-11/h2-6,12-13H,7-10H2,1H3,(H,16,17). The number of hydrogen-bond donors (Lipinski definition) is 1. The highest BCUT2D eigenvalue weighted by Crippen LogP contribution is 2.34. The Kier molecular flexibility index (Phi) is 4.20. The summed E-state index contributed by atoms with van der Waals surface area (Å²) in [6.07, 6.45) is 1.44. The summed E-state index contributed by atoms with van der Waals surface area (Å²) in [6, 6.07) is 9.65. The van der Waals surface area contributed by atoms with Crippen molar-refractivity contribution in [2.45, 2.75) is 25.5 Å². The lowest BCUT2D eigenvalue weighted by Gasteiger charge is -2.24. The molecule has 18 heavy (non-hydrogen) atoms. The minimum Gasteiger partial charge on any atom is -0.465 e. The van der Waals surface area contributed by atoms with Gasteiger partial charge in [0.1, 0.15) is 0 Å². The summed E-state index contributed by atoms with van der Waals surface area (Å²) >= 11 is 0. The monoisotopic (exact) mass is 249 g/mol. The zero-order chi connectivity index (χ0) is 13.0. The number of hydrogen-bond acceptors (Lipinski definition) is 2. The molecule has 1 aliphatic carbocycles. The van der Waals surface area contributed by atoms with E-state index in [1.807, 2.05) is 30.3 Å². The van der Waals surface area contributed by atoms with E-state index in [9.17, 15) is 9.90 Å². The summed E-state index contributed by atoms with van der Waals surface area (Å²) in [5.41, 5.74) is 1.01. The normalized spacial score (nSPS) is 16.3. The molecule has 4 heteroatoms. The van der Waals surface area contributed by atoms with E-state index in [1.165, 1.54) is 4.90 Å². The molecule has 4 nitrogen and oxygen atoms in total. The Balaban J connectivity index is 1.97. The van der Waals surface area contributed by atoms with Crippen LogP contribution >= 0.6 is 0 Å². The highest BCUT2D eigenvalue weighted by atomic mass is 16.5. The van der Waals surface area contributed by atoms with Crippen LogP contribution in [0.4, 0.5) is 4.79 Å². The van der Waals surface area contributed by atoms with Crippen molar-refractivity contribution in [2.75, 3.05) is 13.7 Å². The van der Waals surface area contributed by atoms with Crippen LogP contribution in [0.25, 0.3) is 0 Å². The molecule has 1 amide bonds. The fourth-order valence-corrected chi connectivity index (χ4v) is 2.12. The van der Waals surface area contributed by atoms with Crippen LogP contribution in [-0.2, 0) is 11.3 Å². The average Bonchev–Trinajstić information content (AvgIpc) is 3.19. The second-order valence-electron chi connectivity index (χ2n) is 4.76. The third kappa shape index (κ3) is 3.47. The van der Waals surface area contributed by atoms with E-state index in [0.717, 1.165) is 18.4 Å². The molecule has 98 valence electrons. The lowest BCUT2D eigenvalue weighted by Crippen LogP contribution is -2.37. The predicted molar refractivity (Wildman–Crippen MR) is 68.4 cm³/mol. The second kappa shape index (κ2) is 5.87. The number of rotatable bonds is 6. The van der Waals surface area contributed by atoms with Gasteiger partial charge in [-0.1, -0.05) is 30.3 Å². The molecule has 1 fully saturated rings. The fraction of sp³-hybridized carbons (Fsp3) is 0.500. The van der Waals surface area contributed by atoms with Gasteiger partial charge in [-0.15, -0.1) is 0 Å². The van der Waals surface area contributed by atoms with Gasteiger partial charge < -0.3 is 14.7 Å². The summed E-state index contributed by atoms with van der Waals surface area (Å²) in [7, 11) is 1.66. The molecule has 1 aliphatic rings. The first-order valence-electron chi connectivity index (χ1n) is 6.25. The average molecular weight is 249 g/mol. The molecule has 0 aliphatic heterocycles. The Hall–Kier alpha value is -1.55. The largest absolute Gasteiger partial charge is 0.465 e. The molecule has 1 saturated carbocycles. The third-order valence-electron chi connectivity index (χ3n) is 3.34. The molecule has 0 aromatic heterocycles. The summed E-state index contributed by atoms with van der Waals surface area (Å²) < 4.78 is 5.39. The smallest absolute Gasteiger partial charge is 0.407 e. The van der Waals surface area contributed by atoms with Gasteiger partial charge in [0.2, 0.25) is 0 Å². The molecule has 1 aromatic carbocycles. The lowest BCUT2D eigenvalue weighted by molar-refractivity contribution is 0.0461. The maximum Gasteiger partial charge on any atom is 0.407 e. The topological polar surface area (TPSA) is 49.8 Å². The van der Waals surface area contributed by atoms with Crippen molar-refractivity contribution < 1.29 is 14.6 Å². The lowest BCUT2D eigenvalue weighted by atomic mass is 10.2. The molecular formula is C14H19NO3. The van der Waals surface area contributed by atoms with Crippen molar-refractivity contribution in [1.82, 2.24) is 4.90 Å². The highest BCUT2D eigenvalue weighted by molar-refractivity contribution is 5.65. The number of amides is 1. The first-order valence-corrected chi connectivity index (χ1v) is 6.25. The van der Waals surface area contributed by atoms with E-state index in [-0.39, 0.29) is 6.10 Å². The number of ether oxygens (including phenoxy) is 1. The third-order valence-corrected chi connectivity index (χ3v) is 3.34. The Morgan fingerprint density at radius 2 is 2.11 bits per heavy atom. The molecule has 1 unspecified atom stereocenters. The van der Waals surface area contributed by atoms with E-state index in [4.69, 9.17) is 4.74 Å². The van der Waals surface area contributed by atoms with Gasteiger partial charge in [0.15, 0.2) is 0 Å². The van der Waals surface area contributed by atoms with Gasteiger partial charge in [-0.25, -0.2) is 4.79 Å². The van der Waals surface area contributed by atoms with Gasteiger partial charge in [-0.3, -0.25) is 0 Å². The zero-order valence-electron chi connectivity index (χ0n) is 10.6. The summed E-state index contributed by atoms with van der Waals surface area (Å²) in [6.45, 7) is 0.869. The molecule has 2 rings (SSSR count). The van der Waals surface area contributed by atoms with Crippen LogP contribution in [-0.4, -0.2) is 35.9 Å². The molecule has 0 radical (unpaired) electrons.